The second-order valence-electron chi connectivity index (χ2n) is 7.26. The molecule has 0 bridgehead atoms. The average Bonchev–Trinajstić information content (AvgIpc) is 3.10. The van der Waals surface area contributed by atoms with E-state index in [0.717, 1.165) is 17.0 Å². The molecule has 1 saturated heterocycles. The number of nitrogens with zero attached hydrogens (tertiary/aromatic N) is 3. The van der Waals surface area contributed by atoms with Crippen LogP contribution in [0.15, 0.2) is 6.08 Å². The Morgan fingerprint density at radius 2 is 2.07 bits per heavy atom. The van der Waals surface area contributed by atoms with Gasteiger partial charge in [0.2, 0.25) is 0 Å². The van der Waals surface area contributed by atoms with Crippen molar-refractivity contribution in [1.82, 2.24) is 14.7 Å². The molecule has 28 heavy (non-hydrogen) atoms. The average molecular weight is 412 g/mol. The molecule has 9 heteroatoms. The Balaban J connectivity index is 1.99. The first-order valence-corrected chi connectivity index (χ1v) is 11.2. The normalized spacial score (nSPS) is 19.7. The van der Waals surface area contributed by atoms with Gasteiger partial charge in [0.1, 0.15) is 0 Å². The maximum absolute atomic E-state index is 12.6. The number of amides is 1. The zero-order valence-electron chi connectivity index (χ0n) is 17.1. The van der Waals surface area contributed by atoms with Gasteiger partial charge in [-0.15, -0.1) is 0 Å². The van der Waals surface area contributed by atoms with Crippen molar-refractivity contribution in [2.45, 2.75) is 52.6 Å². The van der Waals surface area contributed by atoms with E-state index in [9.17, 15) is 18.0 Å². The van der Waals surface area contributed by atoms with E-state index in [0.29, 0.717) is 12.8 Å². The second-order valence-corrected chi connectivity index (χ2v) is 9.49. The van der Waals surface area contributed by atoms with E-state index in [-0.39, 0.29) is 29.5 Å². The van der Waals surface area contributed by atoms with E-state index in [2.05, 4.69) is 5.10 Å². The molecule has 0 radical (unpaired) electrons. The molecule has 2 rings (SSSR count). The van der Waals surface area contributed by atoms with E-state index < -0.39 is 22.4 Å². The van der Waals surface area contributed by atoms with Crippen LogP contribution in [0.1, 0.15) is 43.6 Å². The number of carbonyl (C=O) groups excluding carboxylic acids is 2. The van der Waals surface area contributed by atoms with E-state index in [1.807, 2.05) is 34.7 Å². The highest BCUT2D eigenvalue weighted by Crippen LogP contribution is 2.21. The van der Waals surface area contributed by atoms with Gasteiger partial charge in [-0.25, -0.2) is 13.2 Å². The van der Waals surface area contributed by atoms with E-state index in [1.54, 1.807) is 15.7 Å². The van der Waals surface area contributed by atoms with Crippen LogP contribution >= 0.6 is 0 Å². The molecule has 8 nitrogen and oxygen atoms in total. The van der Waals surface area contributed by atoms with Crippen LogP contribution in [0.5, 0.6) is 0 Å². The third-order valence-corrected chi connectivity index (χ3v) is 6.99. The SMILES string of the molecule is CC[C@H](C)N(C(=O)COC(=O)/C=C/c1c(C)nn(C)c1C)[C@@H]1CCS(=O)(=O)C1. The van der Waals surface area contributed by atoms with Crippen molar-refractivity contribution in [2.75, 3.05) is 18.1 Å². The third-order valence-electron chi connectivity index (χ3n) is 5.24. The molecule has 1 aromatic heterocycles. The van der Waals surface area contributed by atoms with E-state index in [4.69, 9.17) is 4.74 Å². The summed E-state index contributed by atoms with van der Waals surface area (Å²) in [5.41, 5.74) is 2.55. The maximum atomic E-state index is 12.6. The number of aromatic nitrogens is 2. The molecule has 1 amide bonds. The topological polar surface area (TPSA) is 98.6 Å². The standard InChI is InChI=1S/C19H29N3O5S/c1-6-13(2)22(16-9-10-28(25,26)12-16)18(23)11-27-19(24)8-7-17-14(3)20-21(5)15(17)4/h7-8,13,16H,6,9-12H2,1-5H3/b8-7+/t13-,16+/m0/s1. The van der Waals surface area contributed by atoms with Gasteiger partial charge in [-0.05, 0) is 39.7 Å². The molecule has 0 spiro atoms. The molecule has 1 aliphatic heterocycles. The first kappa shape index (κ1) is 22.1. The summed E-state index contributed by atoms with van der Waals surface area (Å²) in [6.45, 7) is 7.14. The largest absolute Gasteiger partial charge is 0.452 e. The fraction of sp³-hybridized carbons (Fsp3) is 0.632. The molecule has 0 saturated carbocycles. The molecule has 1 aromatic rings. The highest BCUT2D eigenvalue weighted by atomic mass is 32.2. The first-order chi connectivity index (χ1) is 13.1. The highest BCUT2D eigenvalue weighted by molar-refractivity contribution is 7.91. The smallest absolute Gasteiger partial charge is 0.331 e. The zero-order chi connectivity index (χ0) is 21.1. The summed E-state index contributed by atoms with van der Waals surface area (Å²) in [7, 11) is -1.29. The Labute approximate surface area is 166 Å². The molecule has 1 fully saturated rings. The van der Waals surface area contributed by atoms with E-state index in [1.165, 1.54) is 6.08 Å². The molecule has 0 aliphatic carbocycles. The van der Waals surface area contributed by atoms with Crippen LogP contribution < -0.4 is 0 Å². The molecule has 0 unspecified atom stereocenters. The summed E-state index contributed by atoms with van der Waals surface area (Å²) in [6.07, 6.45) is 4.01. The van der Waals surface area contributed by atoms with Gasteiger partial charge in [-0.3, -0.25) is 9.48 Å². The molecule has 0 N–H and O–H groups in total. The lowest BCUT2D eigenvalue weighted by Gasteiger charge is -2.33. The molecular weight excluding hydrogens is 382 g/mol. The van der Waals surface area contributed by atoms with Crippen LogP contribution in [0.25, 0.3) is 6.08 Å². The van der Waals surface area contributed by atoms with E-state index >= 15 is 0 Å². The summed E-state index contributed by atoms with van der Waals surface area (Å²) >= 11 is 0. The zero-order valence-corrected chi connectivity index (χ0v) is 18.0. The minimum absolute atomic E-state index is 0.0313. The second kappa shape index (κ2) is 8.89. The van der Waals surface area contributed by atoms with Crippen molar-refractivity contribution in [2.24, 2.45) is 7.05 Å². The van der Waals surface area contributed by atoms with Gasteiger partial charge in [0.05, 0.1) is 17.2 Å². The Morgan fingerprint density at radius 3 is 2.57 bits per heavy atom. The Hall–Kier alpha value is -2.16. The molecule has 2 heterocycles. The summed E-state index contributed by atoms with van der Waals surface area (Å²) in [5, 5.41) is 4.27. The van der Waals surface area contributed by atoms with Gasteiger partial charge >= 0.3 is 5.97 Å². The number of carbonyl (C=O) groups is 2. The van der Waals surface area contributed by atoms with Crippen LogP contribution in [0, 0.1) is 13.8 Å². The quantitative estimate of drug-likeness (QED) is 0.497. The van der Waals surface area contributed by atoms with Crippen molar-refractivity contribution in [3.63, 3.8) is 0 Å². The number of hydrogen-bond donors (Lipinski definition) is 0. The molecule has 1 aliphatic rings. The Kier molecular flexibility index (Phi) is 7.03. The fourth-order valence-electron chi connectivity index (χ4n) is 3.44. The van der Waals surface area contributed by atoms with Crippen LogP contribution in [0.4, 0.5) is 0 Å². The minimum atomic E-state index is -3.11. The maximum Gasteiger partial charge on any atom is 0.331 e. The van der Waals surface area contributed by atoms with Gasteiger partial charge < -0.3 is 9.64 Å². The van der Waals surface area contributed by atoms with Gasteiger partial charge in [0.25, 0.3) is 5.91 Å². The van der Waals surface area contributed by atoms with Crippen molar-refractivity contribution in [3.8, 4) is 0 Å². The minimum Gasteiger partial charge on any atom is -0.452 e. The number of ether oxygens (including phenoxy) is 1. The highest BCUT2D eigenvalue weighted by Gasteiger charge is 2.36. The first-order valence-electron chi connectivity index (χ1n) is 9.42. The number of aryl methyl sites for hydroxylation is 2. The van der Waals surface area contributed by atoms with Gasteiger partial charge in [0.15, 0.2) is 16.4 Å². The summed E-state index contributed by atoms with van der Waals surface area (Å²) in [6, 6.07) is -0.483. The van der Waals surface area contributed by atoms with Crippen LogP contribution in [-0.4, -0.2) is 65.2 Å². The van der Waals surface area contributed by atoms with Crippen LogP contribution in [-0.2, 0) is 31.2 Å². The molecule has 156 valence electrons. The lowest BCUT2D eigenvalue weighted by Crippen LogP contribution is -2.48. The molecule has 2 atom stereocenters. The van der Waals surface area contributed by atoms with Crippen molar-refractivity contribution in [1.29, 1.82) is 0 Å². The number of rotatable bonds is 7. The third kappa shape index (κ3) is 5.21. The number of sulfone groups is 1. The van der Waals surface area contributed by atoms with Crippen LogP contribution in [0.3, 0.4) is 0 Å². The van der Waals surface area contributed by atoms with Crippen molar-refractivity contribution >= 4 is 27.8 Å². The van der Waals surface area contributed by atoms with Crippen molar-refractivity contribution < 1.29 is 22.7 Å². The Morgan fingerprint density at radius 1 is 1.39 bits per heavy atom. The number of esters is 1. The fourth-order valence-corrected chi connectivity index (χ4v) is 5.15. The summed E-state index contributed by atoms with van der Waals surface area (Å²) in [4.78, 5) is 26.2. The van der Waals surface area contributed by atoms with Crippen LogP contribution in [0.2, 0.25) is 0 Å². The van der Waals surface area contributed by atoms with Gasteiger partial charge in [-0.2, -0.15) is 5.10 Å². The van der Waals surface area contributed by atoms with Gasteiger partial charge in [0, 0.05) is 36.5 Å². The monoisotopic (exact) mass is 411 g/mol. The predicted octanol–water partition coefficient (Wildman–Crippen LogP) is 1.41. The Bertz CT molecular complexity index is 872. The summed E-state index contributed by atoms with van der Waals surface area (Å²) in [5.74, 6) is -0.938. The predicted molar refractivity (Wildman–Crippen MR) is 106 cm³/mol. The van der Waals surface area contributed by atoms with Gasteiger partial charge in [-0.1, -0.05) is 6.92 Å². The molecular formula is C19H29N3O5S. The van der Waals surface area contributed by atoms with Crippen molar-refractivity contribution in [3.05, 3.63) is 23.0 Å². The lowest BCUT2D eigenvalue weighted by atomic mass is 10.1. The lowest BCUT2D eigenvalue weighted by molar-refractivity contribution is -0.150. The summed E-state index contributed by atoms with van der Waals surface area (Å²) < 4.78 is 30.4. The molecule has 0 aromatic carbocycles. The number of hydrogen-bond acceptors (Lipinski definition) is 6.